The lowest BCUT2D eigenvalue weighted by Crippen LogP contribution is -1.94. The van der Waals surface area contributed by atoms with Crippen LogP contribution >= 0.6 is 43.2 Å². The Morgan fingerprint density at radius 3 is 2.22 bits per heavy atom. The van der Waals surface area contributed by atoms with Crippen molar-refractivity contribution < 1.29 is 0 Å². The molecule has 0 bridgehead atoms. The second-order valence-electron chi connectivity index (χ2n) is 5.08. The molecule has 1 atom stereocenters. The third-order valence-corrected chi connectivity index (χ3v) is 8.27. The van der Waals surface area contributed by atoms with E-state index in [1.807, 2.05) is 58.2 Å². The van der Waals surface area contributed by atoms with E-state index >= 15 is 0 Å². The van der Waals surface area contributed by atoms with Crippen LogP contribution in [-0.4, -0.2) is 21.0 Å². The average Bonchev–Trinajstić information content (AvgIpc) is 2.61. The fourth-order valence-corrected chi connectivity index (χ4v) is 6.01. The van der Waals surface area contributed by atoms with Crippen molar-refractivity contribution in [2.24, 2.45) is 0 Å². The smallest absolute Gasteiger partial charge is 0.106 e. The van der Waals surface area contributed by atoms with E-state index in [2.05, 4.69) is 29.0 Å². The molecule has 0 fully saturated rings. The summed E-state index contributed by atoms with van der Waals surface area (Å²) >= 11 is 0. The molecule has 2 nitrogen and oxygen atoms in total. The van der Waals surface area contributed by atoms with Gasteiger partial charge in [-0.1, -0.05) is 53.5 Å². The van der Waals surface area contributed by atoms with E-state index < -0.39 is 0 Å². The van der Waals surface area contributed by atoms with Crippen molar-refractivity contribution in [2.75, 3.05) is 5.75 Å². The Kier molecular flexibility index (Phi) is 10.0. The summed E-state index contributed by atoms with van der Waals surface area (Å²) < 4.78 is 0. The molecule has 0 spiro atoms. The second-order valence-corrected chi connectivity index (χ2v) is 10.2. The lowest BCUT2D eigenvalue weighted by molar-refractivity contribution is 0.669. The zero-order valence-corrected chi connectivity index (χ0v) is 16.5. The van der Waals surface area contributed by atoms with Crippen molar-refractivity contribution in [2.45, 2.75) is 47.9 Å². The zero-order chi connectivity index (χ0) is 16.2. The highest BCUT2D eigenvalue weighted by atomic mass is 33.1. The number of unbranched alkanes of at least 4 members (excludes halogenated alkanes) is 2. The molecular formula is C17H22N2S4. The summed E-state index contributed by atoms with van der Waals surface area (Å²) in [5.41, 5.74) is 0. The molecule has 0 aromatic carbocycles. The minimum absolute atomic E-state index is 0.678. The van der Waals surface area contributed by atoms with Gasteiger partial charge >= 0.3 is 0 Å². The van der Waals surface area contributed by atoms with Crippen LogP contribution in [0.3, 0.4) is 0 Å². The lowest BCUT2D eigenvalue weighted by atomic mass is 10.2. The van der Waals surface area contributed by atoms with Gasteiger partial charge in [0.05, 0.1) is 0 Å². The molecule has 0 saturated heterocycles. The van der Waals surface area contributed by atoms with Gasteiger partial charge in [0.15, 0.2) is 0 Å². The molecule has 1 unspecified atom stereocenters. The highest BCUT2D eigenvalue weighted by Gasteiger charge is 2.05. The van der Waals surface area contributed by atoms with Crippen LogP contribution in [0.2, 0.25) is 0 Å². The van der Waals surface area contributed by atoms with Crippen molar-refractivity contribution in [1.82, 2.24) is 9.97 Å². The minimum Gasteiger partial charge on any atom is -0.249 e. The van der Waals surface area contributed by atoms with Crippen LogP contribution in [0, 0.1) is 0 Å². The molecule has 0 saturated carbocycles. The Labute approximate surface area is 155 Å². The van der Waals surface area contributed by atoms with Crippen LogP contribution in [0.5, 0.6) is 0 Å². The van der Waals surface area contributed by atoms with Gasteiger partial charge in [-0.2, -0.15) is 0 Å². The Morgan fingerprint density at radius 1 is 0.870 bits per heavy atom. The summed E-state index contributed by atoms with van der Waals surface area (Å²) in [6.07, 6.45) is 8.90. The number of aromatic nitrogens is 2. The predicted octanol–water partition coefficient (Wildman–Crippen LogP) is 6.61. The van der Waals surface area contributed by atoms with Crippen LogP contribution in [0.1, 0.15) is 32.6 Å². The molecular weight excluding hydrogens is 360 g/mol. The largest absolute Gasteiger partial charge is 0.249 e. The Balaban J connectivity index is 1.44. The Hall–Kier alpha value is -0.300. The first kappa shape index (κ1) is 19.0. The van der Waals surface area contributed by atoms with E-state index in [4.69, 9.17) is 0 Å². The Bertz CT molecular complexity index is 525. The maximum absolute atomic E-state index is 4.34. The van der Waals surface area contributed by atoms with Crippen molar-refractivity contribution in [3.63, 3.8) is 0 Å². The monoisotopic (exact) mass is 382 g/mol. The van der Waals surface area contributed by atoms with E-state index in [9.17, 15) is 0 Å². The number of hydrogen-bond donors (Lipinski definition) is 0. The number of nitrogens with zero attached hydrogens (tertiary/aromatic N) is 2. The van der Waals surface area contributed by atoms with Gasteiger partial charge in [0.1, 0.15) is 10.1 Å². The average molecular weight is 383 g/mol. The van der Waals surface area contributed by atoms with Gasteiger partial charge in [-0.25, -0.2) is 9.97 Å². The summed E-state index contributed by atoms with van der Waals surface area (Å²) in [7, 11) is 7.41. The molecule has 0 aliphatic rings. The molecule has 2 aromatic heterocycles. The van der Waals surface area contributed by atoms with Crippen LogP contribution in [0.4, 0.5) is 0 Å². The van der Waals surface area contributed by atoms with Crippen molar-refractivity contribution in [3.05, 3.63) is 48.8 Å². The van der Waals surface area contributed by atoms with Crippen LogP contribution in [0.15, 0.2) is 58.8 Å². The first-order valence-corrected chi connectivity index (χ1v) is 12.3. The maximum Gasteiger partial charge on any atom is 0.106 e. The first-order chi connectivity index (χ1) is 11.3. The molecule has 2 aromatic rings. The quantitative estimate of drug-likeness (QED) is 0.320. The van der Waals surface area contributed by atoms with Crippen molar-refractivity contribution >= 4 is 43.2 Å². The molecule has 2 rings (SSSR count). The standard InChI is InChI=1S/C17H22N2S4/c1-15(21-23-17-11-5-7-13-19-17)9-3-2-8-14-20-22-16-10-4-6-12-18-16/h4-7,10-13,15H,2-3,8-9,14H2,1H3. The number of rotatable bonds is 11. The maximum atomic E-state index is 4.34. The molecule has 6 heteroatoms. The topological polar surface area (TPSA) is 25.8 Å². The molecule has 2 heterocycles. The van der Waals surface area contributed by atoms with Crippen molar-refractivity contribution in [1.29, 1.82) is 0 Å². The Morgan fingerprint density at radius 2 is 1.57 bits per heavy atom. The van der Waals surface area contributed by atoms with Crippen LogP contribution in [0.25, 0.3) is 0 Å². The fraction of sp³-hybridized carbons (Fsp3) is 0.412. The van der Waals surface area contributed by atoms with E-state index in [0.717, 1.165) is 10.1 Å². The zero-order valence-electron chi connectivity index (χ0n) is 13.3. The molecule has 0 radical (unpaired) electrons. The van der Waals surface area contributed by atoms with Gasteiger partial charge in [0.2, 0.25) is 0 Å². The third kappa shape index (κ3) is 8.94. The van der Waals surface area contributed by atoms with Gasteiger partial charge in [-0.15, -0.1) is 0 Å². The van der Waals surface area contributed by atoms with Crippen molar-refractivity contribution in [3.8, 4) is 0 Å². The summed E-state index contributed by atoms with van der Waals surface area (Å²) in [5.74, 6) is 1.20. The van der Waals surface area contributed by atoms with Gasteiger partial charge in [-0.3, -0.25) is 0 Å². The van der Waals surface area contributed by atoms with Gasteiger partial charge in [0.25, 0.3) is 0 Å². The SMILES string of the molecule is CC(CCCCCSSc1ccccn1)SSc1ccccn1. The highest BCUT2D eigenvalue weighted by molar-refractivity contribution is 8.77. The summed E-state index contributed by atoms with van der Waals surface area (Å²) in [6, 6.07) is 12.1. The molecule has 0 amide bonds. The number of hydrogen-bond acceptors (Lipinski definition) is 6. The molecule has 23 heavy (non-hydrogen) atoms. The summed E-state index contributed by atoms with van der Waals surface area (Å²) in [5, 5.41) is 2.89. The highest BCUT2D eigenvalue weighted by Crippen LogP contribution is 2.35. The minimum atomic E-state index is 0.678. The third-order valence-electron chi connectivity index (χ3n) is 3.06. The molecule has 124 valence electrons. The van der Waals surface area contributed by atoms with Crippen LogP contribution in [-0.2, 0) is 0 Å². The summed E-state index contributed by atoms with van der Waals surface area (Å²) in [6.45, 7) is 2.31. The van der Waals surface area contributed by atoms with Gasteiger partial charge in [-0.05, 0) is 58.7 Å². The van der Waals surface area contributed by atoms with E-state index in [-0.39, 0.29) is 0 Å². The van der Waals surface area contributed by atoms with E-state index in [1.165, 1.54) is 31.4 Å². The fourth-order valence-electron chi connectivity index (χ4n) is 1.84. The molecule has 0 N–H and O–H groups in total. The second kappa shape index (κ2) is 12.1. The summed E-state index contributed by atoms with van der Waals surface area (Å²) in [4.78, 5) is 8.65. The van der Waals surface area contributed by atoms with E-state index in [1.54, 1.807) is 21.6 Å². The lowest BCUT2D eigenvalue weighted by Gasteiger charge is -2.09. The first-order valence-electron chi connectivity index (χ1n) is 7.79. The number of pyridine rings is 2. The van der Waals surface area contributed by atoms with Crippen LogP contribution < -0.4 is 0 Å². The molecule has 0 aliphatic heterocycles. The predicted molar refractivity (Wildman–Crippen MR) is 108 cm³/mol. The molecule has 0 aliphatic carbocycles. The van der Waals surface area contributed by atoms with Gasteiger partial charge < -0.3 is 0 Å². The van der Waals surface area contributed by atoms with E-state index in [0.29, 0.717) is 5.25 Å². The normalized spacial score (nSPS) is 12.2. The van der Waals surface area contributed by atoms with Gasteiger partial charge in [0, 0.05) is 23.4 Å².